The number of para-hydroxylation sites is 1. The molecule has 0 fully saturated rings. The number of nitrogens with zero attached hydrogens (tertiary/aromatic N) is 4. The molecular weight excluding hydrogens is 376 g/mol. The summed E-state index contributed by atoms with van der Waals surface area (Å²) in [5.74, 6) is 0.691. The van der Waals surface area contributed by atoms with Crippen molar-refractivity contribution in [3.8, 4) is 17.1 Å². The van der Waals surface area contributed by atoms with Crippen LogP contribution in [0.25, 0.3) is 17.1 Å². The fourth-order valence-electron chi connectivity index (χ4n) is 2.75. The predicted molar refractivity (Wildman–Crippen MR) is 107 cm³/mol. The molecule has 0 saturated heterocycles. The maximum Gasteiger partial charge on any atom is 0.320 e. The molecule has 0 aliphatic carbocycles. The van der Waals surface area contributed by atoms with Gasteiger partial charge >= 0.3 is 11.1 Å². The molecule has 0 radical (unpaired) electrons. The summed E-state index contributed by atoms with van der Waals surface area (Å²) in [4.78, 5) is 30.3. The van der Waals surface area contributed by atoms with Crippen LogP contribution >= 0.6 is 11.8 Å². The van der Waals surface area contributed by atoms with Crippen molar-refractivity contribution in [2.45, 2.75) is 11.4 Å². The zero-order chi connectivity index (χ0) is 19.5. The van der Waals surface area contributed by atoms with Gasteiger partial charge in [-0.05, 0) is 42.7 Å². The number of rotatable bonds is 5. The maximum atomic E-state index is 12.5. The summed E-state index contributed by atoms with van der Waals surface area (Å²) in [6.07, 6.45) is 5.09. The van der Waals surface area contributed by atoms with Crippen LogP contribution in [0.2, 0.25) is 0 Å². The van der Waals surface area contributed by atoms with E-state index in [1.54, 1.807) is 42.2 Å². The number of hydrogen-bond acceptors (Lipinski definition) is 6. The number of aromatic nitrogens is 4. The van der Waals surface area contributed by atoms with Gasteiger partial charge in [0.1, 0.15) is 6.54 Å². The van der Waals surface area contributed by atoms with Crippen LogP contribution in [0, 0.1) is 0 Å². The molecule has 0 atom stereocenters. The average Bonchev–Trinajstić information content (AvgIpc) is 3.21. The summed E-state index contributed by atoms with van der Waals surface area (Å²) in [6, 6.07) is 16.8. The first-order valence-corrected chi connectivity index (χ1v) is 9.73. The molecule has 0 aliphatic heterocycles. The van der Waals surface area contributed by atoms with E-state index in [0.717, 1.165) is 10.5 Å². The fourth-order valence-corrected chi connectivity index (χ4v) is 3.16. The van der Waals surface area contributed by atoms with E-state index in [1.807, 2.05) is 36.6 Å². The highest BCUT2D eigenvalue weighted by Crippen LogP contribution is 2.20. The van der Waals surface area contributed by atoms with Crippen molar-refractivity contribution in [2.24, 2.45) is 0 Å². The van der Waals surface area contributed by atoms with E-state index in [0.29, 0.717) is 11.5 Å². The van der Waals surface area contributed by atoms with Gasteiger partial charge in [-0.3, -0.25) is 18.7 Å². The lowest BCUT2D eigenvalue weighted by Crippen LogP contribution is -2.40. The van der Waals surface area contributed by atoms with E-state index in [9.17, 15) is 9.59 Å². The molecule has 0 amide bonds. The molecule has 0 N–H and O–H groups in total. The van der Waals surface area contributed by atoms with Gasteiger partial charge in [-0.1, -0.05) is 23.4 Å². The number of thioether (sulfide) groups is 1. The van der Waals surface area contributed by atoms with Crippen molar-refractivity contribution in [3.63, 3.8) is 0 Å². The molecule has 0 bridgehead atoms. The van der Waals surface area contributed by atoms with E-state index < -0.39 is 11.1 Å². The van der Waals surface area contributed by atoms with Gasteiger partial charge in [0, 0.05) is 28.5 Å². The topological polar surface area (TPSA) is 82.9 Å². The van der Waals surface area contributed by atoms with Gasteiger partial charge in [0.25, 0.3) is 0 Å². The molecule has 0 aliphatic rings. The zero-order valence-corrected chi connectivity index (χ0v) is 15.8. The maximum absolute atomic E-state index is 12.5. The third-order valence-corrected chi connectivity index (χ3v) is 4.96. The quantitative estimate of drug-likeness (QED) is 0.384. The summed E-state index contributed by atoms with van der Waals surface area (Å²) >= 11 is 1.65. The van der Waals surface area contributed by atoms with E-state index >= 15 is 0 Å². The molecule has 7 nitrogen and oxygen atoms in total. The Bertz CT molecular complexity index is 1210. The zero-order valence-electron chi connectivity index (χ0n) is 15.0. The third-order valence-electron chi connectivity index (χ3n) is 4.21. The Hall–Kier alpha value is -3.39. The second-order valence-corrected chi connectivity index (χ2v) is 6.86. The molecule has 140 valence electrons. The Labute approximate surface area is 164 Å². The predicted octanol–water partition coefficient (Wildman–Crippen LogP) is 2.82. The van der Waals surface area contributed by atoms with Crippen molar-refractivity contribution in [1.82, 2.24) is 19.3 Å². The van der Waals surface area contributed by atoms with Crippen LogP contribution in [0.1, 0.15) is 5.89 Å². The number of benzene rings is 2. The van der Waals surface area contributed by atoms with Gasteiger partial charge < -0.3 is 4.52 Å². The monoisotopic (exact) mass is 392 g/mol. The minimum Gasteiger partial charge on any atom is -0.337 e. The van der Waals surface area contributed by atoms with Crippen molar-refractivity contribution >= 4 is 11.8 Å². The van der Waals surface area contributed by atoms with Gasteiger partial charge in [0.2, 0.25) is 11.7 Å². The second kappa shape index (κ2) is 7.69. The minimum absolute atomic E-state index is 0.0274. The summed E-state index contributed by atoms with van der Waals surface area (Å²) < 4.78 is 7.83. The van der Waals surface area contributed by atoms with Crippen LogP contribution in [0.4, 0.5) is 0 Å². The van der Waals surface area contributed by atoms with Gasteiger partial charge in [0.15, 0.2) is 0 Å². The standard InChI is InChI=1S/C20H16N4O3S/c1-28-16-9-7-14(8-10-16)18-21-17(27-22-18)13-23-11-12-24(20(26)19(23)25)15-5-3-2-4-6-15/h2-12H,13H2,1H3. The molecule has 2 heterocycles. The SMILES string of the molecule is CSc1ccc(-c2noc(Cn3ccn(-c4ccccc4)c(=O)c3=O)n2)cc1. The Morgan fingerprint density at radius 1 is 0.964 bits per heavy atom. The lowest BCUT2D eigenvalue weighted by Gasteiger charge is -2.07. The van der Waals surface area contributed by atoms with Crippen molar-refractivity contribution in [3.05, 3.63) is 93.6 Å². The van der Waals surface area contributed by atoms with Crippen LogP contribution in [0.15, 0.2) is 86.0 Å². The van der Waals surface area contributed by atoms with Gasteiger partial charge in [0.05, 0.1) is 0 Å². The average molecular weight is 392 g/mol. The highest BCUT2D eigenvalue weighted by Gasteiger charge is 2.12. The van der Waals surface area contributed by atoms with Gasteiger partial charge in [-0.2, -0.15) is 4.98 Å². The van der Waals surface area contributed by atoms with Crippen LogP contribution in [0.5, 0.6) is 0 Å². The largest absolute Gasteiger partial charge is 0.337 e. The Morgan fingerprint density at radius 2 is 1.71 bits per heavy atom. The summed E-state index contributed by atoms with van der Waals surface area (Å²) in [5.41, 5.74) is 0.154. The normalized spacial score (nSPS) is 10.9. The molecular formula is C20H16N4O3S. The molecule has 4 aromatic rings. The molecule has 2 aromatic carbocycles. The van der Waals surface area contributed by atoms with Gasteiger partial charge in [-0.15, -0.1) is 11.8 Å². The molecule has 2 aromatic heterocycles. The third kappa shape index (κ3) is 3.54. The van der Waals surface area contributed by atoms with Crippen molar-refractivity contribution < 1.29 is 4.52 Å². The lowest BCUT2D eigenvalue weighted by molar-refractivity contribution is 0.369. The van der Waals surface area contributed by atoms with E-state index in [4.69, 9.17) is 4.52 Å². The smallest absolute Gasteiger partial charge is 0.320 e. The molecule has 4 rings (SSSR count). The summed E-state index contributed by atoms with van der Waals surface area (Å²) in [5, 5.41) is 3.96. The van der Waals surface area contributed by atoms with Crippen LogP contribution in [-0.4, -0.2) is 25.5 Å². The van der Waals surface area contributed by atoms with E-state index in [1.165, 1.54) is 15.3 Å². The summed E-state index contributed by atoms with van der Waals surface area (Å²) in [7, 11) is 0. The first-order valence-electron chi connectivity index (χ1n) is 8.50. The molecule has 28 heavy (non-hydrogen) atoms. The number of hydrogen-bond donors (Lipinski definition) is 0. The Balaban J connectivity index is 1.60. The van der Waals surface area contributed by atoms with Gasteiger partial charge in [-0.25, -0.2) is 0 Å². The highest BCUT2D eigenvalue weighted by atomic mass is 32.2. The second-order valence-electron chi connectivity index (χ2n) is 5.98. The van der Waals surface area contributed by atoms with Crippen LogP contribution < -0.4 is 11.1 Å². The summed E-state index contributed by atoms with van der Waals surface area (Å²) in [6.45, 7) is 0.0274. The van der Waals surface area contributed by atoms with E-state index in [-0.39, 0.29) is 12.4 Å². The Kier molecular flexibility index (Phi) is 4.94. The highest BCUT2D eigenvalue weighted by molar-refractivity contribution is 7.98. The molecule has 0 saturated carbocycles. The molecule has 0 spiro atoms. The van der Waals surface area contributed by atoms with Crippen molar-refractivity contribution in [2.75, 3.05) is 6.26 Å². The van der Waals surface area contributed by atoms with E-state index in [2.05, 4.69) is 10.1 Å². The van der Waals surface area contributed by atoms with Crippen molar-refractivity contribution in [1.29, 1.82) is 0 Å². The lowest BCUT2D eigenvalue weighted by atomic mass is 10.2. The Morgan fingerprint density at radius 3 is 2.43 bits per heavy atom. The first kappa shape index (κ1) is 18.0. The molecule has 8 heteroatoms. The van der Waals surface area contributed by atoms with Crippen LogP contribution in [-0.2, 0) is 6.54 Å². The first-order chi connectivity index (χ1) is 13.7. The fraction of sp³-hybridized carbons (Fsp3) is 0.100. The van der Waals surface area contributed by atoms with Crippen LogP contribution in [0.3, 0.4) is 0 Å². The molecule has 0 unspecified atom stereocenters. The minimum atomic E-state index is -0.657.